The van der Waals surface area contributed by atoms with E-state index < -0.39 is 86.8 Å². The van der Waals surface area contributed by atoms with E-state index in [0.29, 0.717) is 12.8 Å². The van der Waals surface area contributed by atoms with Crippen molar-refractivity contribution in [2.24, 2.45) is 0 Å². The van der Waals surface area contributed by atoms with Crippen LogP contribution < -0.4 is 5.32 Å². The van der Waals surface area contributed by atoms with Gasteiger partial charge in [-0.1, -0.05) is 295 Å². The molecule has 14 heteroatoms. The van der Waals surface area contributed by atoms with Gasteiger partial charge < -0.3 is 65.1 Å². The highest BCUT2D eigenvalue weighted by Gasteiger charge is 2.51. The van der Waals surface area contributed by atoms with Crippen molar-refractivity contribution in [3.8, 4) is 0 Å². The Balaban J connectivity index is 1.69. The van der Waals surface area contributed by atoms with Crippen molar-refractivity contribution in [3.05, 3.63) is 134 Å². The van der Waals surface area contributed by atoms with Gasteiger partial charge in [0, 0.05) is 6.42 Å². The molecule has 14 nitrogen and oxygen atoms in total. The molecule has 2 rings (SSSR count). The molecule has 12 atom stereocenters. The molecule has 0 bridgehead atoms. The lowest BCUT2D eigenvalue weighted by atomic mass is 9.97. The van der Waals surface area contributed by atoms with Crippen LogP contribution in [-0.4, -0.2) is 140 Å². The van der Waals surface area contributed by atoms with Crippen molar-refractivity contribution in [2.45, 2.75) is 351 Å². The molecule has 0 radical (unpaired) electrons. The Kier molecular flexibility index (Phi) is 58.4. The van der Waals surface area contributed by atoms with Gasteiger partial charge in [-0.05, 0) is 109 Å². The minimum absolute atomic E-state index is 0.251. The van der Waals surface area contributed by atoms with E-state index in [1.807, 2.05) is 6.08 Å². The summed E-state index contributed by atoms with van der Waals surface area (Å²) in [5, 5.41) is 87.5. The summed E-state index contributed by atoms with van der Waals surface area (Å²) in [6.07, 6.45) is 78.0. The maximum atomic E-state index is 13.4. The van der Waals surface area contributed by atoms with E-state index in [1.54, 1.807) is 6.08 Å². The number of nitrogens with one attached hydrogen (secondary N) is 1. The summed E-state index contributed by atoms with van der Waals surface area (Å²) >= 11 is 0. The van der Waals surface area contributed by atoms with Crippen LogP contribution in [-0.2, 0) is 23.7 Å². The van der Waals surface area contributed by atoms with Gasteiger partial charge in [0.2, 0.25) is 5.91 Å². The Morgan fingerprint density at radius 3 is 1.16 bits per heavy atom. The lowest BCUT2D eigenvalue weighted by Crippen LogP contribution is -2.65. The number of aliphatic hydroxyl groups is 8. The molecule has 1 amide bonds. The van der Waals surface area contributed by atoms with E-state index in [0.717, 1.165) is 109 Å². The van der Waals surface area contributed by atoms with Gasteiger partial charge >= 0.3 is 0 Å². The molecule has 2 aliphatic rings. The van der Waals surface area contributed by atoms with Gasteiger partial charge in [0.05, 0.1) is 32.0 Å². The molecular formula is C81H137NO13. The Morgan fingerprint density at radius 2 is 0.737 bits per heavy atom. The smallest absolute Gasteiger partial charge is 0.220 e. The number of ether oxygens (including phenoxy) is 4. The molecule has 0 spiro atoms. The van der Waals surface area contributed by atoms with E-state index >= 15 is 0 Å². The molecule has 0 aromatic carbocycles. The molecule has 12 unspecified atom stereocenters. The molecule has 2 aliphatic heterocycles. The standard InChI is InChI=1S/C81H137NO13/c1-3-5-7-9-11-13-15-17-19-21-23-25-27-29-31-33-34-35-36-37-39-41-43-45-47-49-51-53-55-57-59-61-63-65-73(86)82-69(68-92-80-78(91)76(89)79(72(67-84)94-80)95-81-77(90)75(88)74(87)71(66-83)93-81)70(85)64-62-60-58-56-54-52-50-48-46-44-42-40-38-32-30-28-26-24-22-20-18-16-14-12-10-8-6-4-2/h5,7,11,13,17,19,23,25,29,31,34-35,37,39,43,45-46,48,54,56,62,64,69-72,74-81,83-85,87-91H,3-4,6,8-10,12,14-16,18,20-22,24,26-28,30,32-33,36,38,40-42,44,47,49-53,55,57-61,63,65-68H2,1-2H3,(H,82,86)/b7-5-,13-11-,19-17-,25-23-,31-29-,35-34-,39-37-,45-43-,48-46+,56-54+,64-62+. The normalized spacial score (nSPS) is 23.1. The van der Waals surface area contributed by atoms with E-state index in [2.05, 4.69) is 141 Å². The monoisotopic (exact) mass is 1330 g/mol. The summed E-state index contributed by atoms with van der Waals surface area (Å²) in [6.45, 7) is 2.67. The van der Waals surface area contributed by atoms with Gasteiger partial charge in [0.25, 0.3) is 0 Å². The van der Waals surface area contributed by atoms with Crippen LogP contribution >= 0.6 is 0 Å². The van der Waals surface area contributed by atoms with Crippen LogP contribution in [0.2, 0.25) is 0 Å². The second kappa shape index (κ2) is 63.6. The summed E-state index contributed by atoms with van der Waals surface area (Å²) in [5.74, 6) is -0.266. The van der Waals surface area contributed by atoms with Crippen LogP contribution in [0.25, 0.3) is 0 Å². The van der Waals surface area contributed by atoms with Crippen molar-refractivity contribution < 1.29 is 64.6 Å². The van der Waals surface area contributed by atoms with Crippen LogP contribution in [0.5, 0.6) is 0 Å². The first-order valence-corrected chi connectivity index (χ1v) is 37.9. The van der Waals surface area contributed by atoms with Crippen molar-refractivity contribution in [2.75, 3.05) is 19.8 Å². The molecule has 0 aromatic heterocycles. The maximum Gasteiger partial charge on any atom is 0.220 e. The van der Waals surface area contributed by atoms with Gasteiger partial charge in [-0.25, -0.2) is 0 Å². The van der Waals surface area contributed by atoms with Crippen molar-refractivity contribution in [3.63, 3.8) is 0 Å². The Morgan fingerprint density at radius 1 is 0.389 bits per heavy atom. The lowest BCUT2D eigenvalue weighted by molar-refractivity contribution is -0.359. The number of aliphatic hydroxyl groups excluding tert-OH is 8. The van der Waals surface area contributed by atoms with Gasteiger partial charge in [-0.15, -0.1) is 0 Å². The molecule has 2 heterocycles. The van der Waals surface area contributed by atoms with Crippen LogP contribution in [0, 0.1) is 0 Å². The van der Waals surface area contributed by atoms with Crippen molar-refractivity contribution >= 4 is 5.91 Å². The zero-order valence-corrected chi connectivity index (χ0v) is 59.4. The molecular weight excluding hydrogens is 1190 g/mol. The third kappa shape index (κ3) is 46.9. The van der Waals surface area contributed by atoms with Crippen molar-refractivity contribution in [1.29, 1.82) is 0 Å². The second-order valence-electron chi connectivity index (χ2n) is 26.0. The molecule has 0 aromatic rings. The fraction of sp³-hybridized carbons (Fsp3) is 0.716. The highest BCUT2D eigenvalue weighted by atomic mass is 16.7. The Bertz CT molecular complexity index is 2110. The second-order valence-corrected chi connectivity index (χ2v) is 26.0. The van der Waals surface area contributed by atoms with Gasteiger partial charge in [-0.3, -0.25) is 4.79 Å². The zero-order chi connectivity index (χ0) is 68.7. The maximum absolute atomic E-state index is 13.4. The van der Waals surface area contributed by atoms with Crippen molar-refractivity contribution in [1.82, 2.24) is 5.32 Å². The molecule has 2 saturated heterocycles. The first-order valence-electron chi connectivity index (χ1n) is 37.9. The van der Waals surface area contributed by atoms with Crippen LogP contribution in [0.4, 0.5) is 0 Å². The number of hydrogen-bond acceptors (Lipinski definition) is 13. The number of carbonyl (C=O) groups is 1. The average Bonchev–Trinajstić information content (AvgIpc) is 0.801. The summed E-state index contributed by atoms with van der Waals surface area (Å²) in [6, 6.07) is -0.955. The number of unbranched alkanes of at least 4 members (excludes halogenated alkanes) is 28. The molecule has 544 valence electrons. The first-order chi connectivity index (χ1) is 46.6. The summed E-state index contributed by atoms with van der Waals surface area (Å²) < 4.78 is 22.9. The minimum atomic E-state index is -1.80. The third-order valence-corrected chi connectivity index (χ3v) is 17.5. The fourth-order valence-electron chi connectivity index (χ4n) is 11.6. The highest BCUT2D eigenvalue weighted by molar-refractivity contribution is 5.76. The molecule has 0 saturated carbocycles. The van der Waals surface area contributed by atoms with Crippen LogP contribution in [0.3, 0.4) is 0 Å². The highest BCUT2D eigenvalue weighted by Crippen LogP contribution is 2.30. The minimum Gasteiger partial charge on any atom is -0.394 e. The number of carbonyl (C=O) groups excluding carboxylic acids is 1. The fourth-order valence-corrected chi connectivity index (χ4v) is 11.6. The van der Waals surface area contributed by atoms with E-state index in [1.165, 1.54) is 135 Å². The summed E-state index contributed by atoms with van der Waals surface area (Å²) in [4.78, 5) is 13.4. The predicted molar refractivity (Wildman–Crippen MR) is 391 cm³/mol. The van der Waals surface area contributed by atoms with Gasteiger partial charge in [-0.2, -0.15) is 0 Å². The van der Waals surface area contributed by atoms with E-state index in [-0.39, 0.29) is 18.9 Å². The molecule has 95 heavy (non-hydrogen) atoms. The summed E-state index contributed by atoms with van der Waals surface area (Å²) in [5.41, 5.74) is 0. The van der Waals surface area contributed by atoms with Crippen LogP contribution in [0.15, 0.2) is 134 Å². The predicted octanol–water partition coefficient (Wildman–Crippen LogP) is 16.6. The molecule has 0 aliphatic carbocycles. The zero-order valence-electron chi connectivity index (χ0n) is 59.4. The van der Waals surface area contributed by atoms with Gasteiger partial charge in [0.1, 0.15) is 48.8 Å². The largest absolute Gasteiger partial charge is 0.394 e. The van der Waals surface area contributed by atoms with E-state index in [9.17, 15) is 45.6 Å². The Hall–Kier alpha value is -3.87. The van der Waals surface area contributed by atoms with Gasteiger partial charge in [0.15, 0.2) is 12.6 Å². The van der Waals surface area contributed by atoms with Crippen LogP contribution in [0.1, 0.15) is 277 Å². The topological polar surface area (TPSA) is 228 Å². The number of hydrogen-bond donors (Lipinski definition) is 9. The quantitative estimate of drug-likeness (QED) is 0.0204. The third-order valence-electron chi connectivity index (χ3n) is 17.5. The Labute approximate surface area is 577 Å². The molecule has 2 fully saturated rings. The summed E-state index contributed by atoms with van der Waals surface area (Å²) in [7, 11) is 0. The number of amides is 1. The lowest BCUT2D eigenvalue weighted by Gasteiger charge is -2.46. The number of allylic oxidation sites excluding steroid dienone is 21. The number of rotatable bonds is 61. The SMILES string of the molecule is CC/C=C\C/C=C\C/C=C\C/C=C\C/C=C\C/C=C\C/C=C\C/C=C\CCCCCCCCCCC(=O)NC(COC1OC(CO)C(OC2OC(CO)C(O)C(O)C2O)C(O)C1O)C(O)/C=C/CC/C=C/CC/C=C/CCCCCCCCCCCCCCCCCCCC. The van der Waals surface area contributed by atoms with E-state index in [4.69, 9.17) is 18.9 Å². The average molecular weight is 1330 g/mol. The first kappa shape index (κ1) is 87.2. The molecule has 9 N–H and O–H groups in total.